The summed E-state index contributed by atoms with van der Waals surface area (Å²) in [5.41, 5.74) is 7.11. The molecule has 0 amide bonds. The lowest BCUT2D eigenvalue weighted by molar-refractivity contribution is 0.547. The molecule has 0 spiro atoms. The van der Waals surface area contributed by atoms with Crippen LogP contribution in [-0.4, -0.2) is 9.97 Å². The largest absolute Gasteiger partial charge is 0.384 e. The first kappa shape index (κ1) is 14.1. The zero-order valence-corrected chi connectivity index (χ0v) is 12.5. The van der Waals surface area contributed by atoms with E-state index in [2.05, 4.69) is 9.97 Å². The van der Waals surface area contributed by atoms with E-state index in [4.69, 9.17) is 28.9 Å². The molecule has 0 bridgehead atoms. The first-order valence-corrected chi connectivity index (χ1v) is 6.63. The van der Waals surface area contributed by atoms with E-state index in [1.54, 1.807) is 24.3 Å². The fourth-order valence-electron chi connectivity index (χ4n) is 1.63. The quantitative estimate of drug-likeness (QED) is 0.852. The Morgan fingerprint density at radius 1 is 1.05 bits per heavy atom. The summed E-state index contributed by atoms with van der Waals surface area (Å²) in [5.74, 6) is 1.10. The summed E-state index contributed by atoms with van der Waals surface area (Å²) in [6.07, 6.45) is 0. The predicted octanol–water partition coefficient (Wildman–Crippen LogP) is 4.33. The molecule has 3 nitrogen and oxygen atoms in total. The van der Waals surface area contributed by atoms with Gasteiger partial charge in [0.1, 0.15) is 11.6 Å². The van der Waals surface area contributed by atoms with Gasteiger partial charge in [0, 0.05) is 22.1 Å². The van der Waals surface area contributed by atoms with Gasteiger partial charge >= 0.3 is 0 Å². The van der Waals surface area contributed by atoms with Gasteiger partial charge in [-0.15, -0.1) is 0 Å². The maximum absolute atomic E-state index is 6.19. The summed E-state index contributed by atoms with van der Waals surface area (Å²) in [4.78, 5) is 8.82. The molecule has 1 aromatic carbocycles. The lowest BCUT2D eigenvalue weighted by atomic mass is 9.95. The molecule has 0 aliphatic carbocycles. The Balaban J connectivity index is 2.63. The van der Waals surface area contributed by atoms with Crippen LogP contribution in [0.25, 0.3) is 11.3 Å². The number of halogens is 2. The van der Waals surface area contributed by atoms with Crippen molar-refractivity contribution in [2.24, 2.45) is 0 Å². The number of aromatic nitrogens is 2. The lowest BCUT2D eigenvalue weighted by Crippen LogP contribution is -2.17. The fraction of sp³-hybridized carbons (Fsp3) is 0.286. The Hall–Kier alpha value is -1.32. The summed E-state index contributed by atoms with van der Waals surface area (Å²) in [7, 11) is 0. The number of anilines is 1. The molecular weight excluding hydrogens is 281 g/mol. The van der Waals surface area contributed by atoms with Crippen LogP contribution in [0.2, 0.25) is 10.0 Å². The van der Waals surface area contributed by atoms with Gasteiger partial charge in [0.25, 0.3) is 0 Å². The first-order chi connectivity index (χ1) is 8.77. The van der Waals surface area contributed by atoms with E-state index < -0.39 is 0 Å². The molecule has 5 heteroatoms. The zero-order valence-electron chi connectivity index (χ0n) is 11.0. The van der Waals surface area contributed by atoms with Crippen LogP contribution in [0.5, 0.6) is 0 Å². The maximum Gasteiger partial charge on any atom is 0.136 e. The number of nitrogens with zero attached hydrogens (tertiary/aromatic N) is 2. The van der Waals surface area contributed by atoms with Gasteiger partial charge in [-0.05, 0) is 18.2 Å². The third-order valence-corrected chi connectivity index (χ3v) is 3.19. The Bertz CT molecular complexity index is 619. The number of hydrogen-bond acceptors (Lipinski definition) is 3. The minimum atomic E-state index is -0.185. The molecule has 0 saturated heterocycles. The molecular formula is C14H15Cl2N3. The smallest absolute Gasteiger partial charge is 0.136 e. The van der Waals surface area contributed by atoms with Crippen LogP contribution in [-0.2, 0) is 5.41 Å². The van der Waals surface area contributed by atoms with Crippen molar-refractivity contribution in [1.82, 2.24) is 9.97 Å². The van der Waals surface area contributed by atoms with Gasteiger partial charge in [-0.2, -0.15) is 0 Å². The third kappa shape index (κ3) is 3.17. The average Bonchev–Trinajstić information content (AvgIpc) is 2.30. The Kier molecular flexibility index (Phi) is 3.70. The zero-order chi connectivity index (χ0) is 14.2. The molecule has 0 radical (unpaired) electrons. The number of rotatable bonds is 1. The first-order valence-electron chi connectivity index (χ1n) is 5.88. The molecule has 0 aliphatic heterocycles. The third-order valence-electron chi connectivity index (χ3n) is 2.62. The van der Waals surface area contributed by atoms with Crippen molar-refractivity contribution in [3.63, 3.8) is 0 Å². The van der Waals surface area contributed by atoms with Gasteiger partial charge in [0.2, 0.25) is 0 Å². The van der Waals surface area contributed by atoms with Gasteiger partial charge in [-0.25, -0.2) is 9.97 Å². The highest BCUT2D eigenvalue weighted by atomic mass is 35.5. The van der Waals surface area contributed by atoms with E-state index in [0.717, 1.165) is 5.56 Å². The molecule has 0 saturated carbocycles. The second-order valence-corrected chi connectivity index (χ2v) is 6.22. The highest BCUT2D eigenvalue weighted by molar-refractivity contribution is 6.35. The monoisotopic (exact) mass is 295 g/mol. The van der Waals surface area contributed by atoms with E-state index >= 15 is 0 Å². The van der Waals surface area contributed by atoms with Crippen LogP contribution >= 0.6 is 23.2 Å². The molecule has 0 atom stereocenters. The molecule has 2 N–H and O–H groups in total. The van der Waals surface area contributed by atoms with Crippen LogP contribution in [0.4, 0.5) is 5.82 Å². The van der Waals surface area contributed by atoms with Crippen molar-refractivity contribution in [2.75, 3.05) is 5.73 Å². The maximum atomic E-state index is 6.19. The number of nitrogen functional groups attached to an aromatic ring is 1. The summed E-state index contributed by atoms with van der Waals surface area (Å²) < 4.78 is 0. The fourth-order valence-corrected chi connectivity index (χ4v) is 2.02. The van der Waals surface area contributed by atoms with Crippen molar-refractivity contribution in [1.29, 1.82) is 0 Å². The Labute approximate surface area is 122 Å². The van der Waals surface area contributed by atoms with Crippen LogP contribution in [0.15, 0.2) is 24.3 Å². The Morgan fingerprint density at radius 2 is 1.74 bits per heavy atom. The van der Waals surface area contributed by atoms with Crippen LogP contribution in [0, 0.1) is 0 Å². The minimum Gasteiger partial charge on any atom is -0.384 e. The van der Waals surface area contributed by atoms with E-state index in [9.17, 15) is 0 Å². The SMILES string of the molecule is CC(C)(C)c1nc(N)cc(-c2cc(Cl)ccc2Cl)n1. The molecule has 2 rings (SSSR count). The predicted molar refractivity (Wildman–Crippen MR) is 80.6 cm³/mol. The van der Waals surface area contributed by atoms with E-state index in [0.29, 0.717) is 27.4 Å². The van der Waals surface area contributed by atoms with E-state index in [1.807, 2.05) is 20.8 Å². The Morgan fingerprint density at radius 3 is 2.37 bits per heavy atom. The van der Waals surface area contributed by atoms with Crippen molar-refractivity contribution in [3.8, 4) is 11.3 Å². The van der Waals surface area contributed by atoms with Gasteiger partial charge in [-0.3, -0.25) is 0 Å². The summed E-state index contributed by atoms with van der Waals surface area (Å²) in [6, 6.07) is 6.96. The van der Waals surface area contributed by atoms with Crippen molar-refractivity contribution >= 4 is 29.0 Å². The molecule has 1 heterocycles. The van der Waals surface area contributed by atoms with Crippen LogP contribution in [0.1, 0.15) is 26.6 Å². The summed E-state index contributed by atoms with van der Waals surface area (Å²) in [5, 5.41) is 1.19. The topological polar surface area (TPSA) is 51.8 Å². The molecule has 1 aromatic heterocycles. The molecule has 0 aliphatic rings. The van der Waals surface area contributed by atoms with E-state index in [1.165, 1.54) is 0 Å². The molecule has 19 heavy (non-hydrogen) atoms. The highest BCUT2D eigenvalue weighted by Gasteiger charge is 2.19. The van der Waals surface area contributed by atoms with Gasteiger partial charge in [-0.1, -0.05) is 44.0 Å². The van der Waals surface area contributed by atoms with Crippen molar-refractivity contribution in [3.05, 3.63) is 40.1 Å². The lowest BCUT2D eigenvalue weighted by Gasteiger charge is -2.18. The average molecular weight is 296 g/mol. The van der Waals surface area contributed by atoms with E-state index in [-0.39, 0.29) is 5.41 Å². The summed E-state index contributed by atoms with van der Waals surface area (Å²) in [6.45, 7) is 6.10. The highest BCUT2D eigenvalue weighted by Crippen LogP contribution is 2.31. The van der Waals surface area contributed by atoms with Crippen LogP contribution in [0.3, 0.4) is 0 Å². The molecule has 2 aromatic rings. The standard InChI is InChI=1S/C14H15Cl2N3/c1-14(2,3)13-18-11(7-12(17)19-13)9-6-8(15)4-5-10(9)16/h4-7H,1-3H3,(H2,17,18,19). The molecule has 100 valence electrons. The van der Waals surface area contributed by atoms with Crippen molar-refractivity contribution in [2.45, 2.75) is 26.2 Å². The van der Waals surface area contributed by atoms with Gasteiger partial charge in [0.05, 0.1) is 10.7 Å². The molecule has 0 fully saturated rings. The number of nitrogens with two attached hydrogens (primary N) is 1. The minimum absolute atomic E-state index is 0.185. The number of hydrogen-bond donors (Lipinski definition) is 1. The van der Waals surface area contributed by atoms with Crippen LogP contribution < -0.4 is 5.73 Å². The second kappa shape index (κ2) is 4.99. The van der Waals surface area contributed by atoms with Gasteiger partial charge in [0.15, 0.2) is 0 Å². The summed E-state index contributed by atoms with van der Waals surface area (Å²) >= 11 is 12.2. The van der Waals surface area contributed by atoms with Gasteiger partial charge < -0.3 is 5.73 Å². The second-order valence-electron chi connectivity index (χ2n) is 5.38. The normalized spacial score (nSPS) is 11.6. The molecule has 0 unspecified atom stereocenters. The number of benzene rings is 1. The van der Waals surface area contributed by atoms with Crippen molar-refractivity contribution < 1.29 is 0 Å².